The Morgan fingerprint density at radius 2 is 1.23 bits per heavy atom. The van der Waals surface area contributed by atoms with E-state index in [1.807, 2.05) is 55.5 Å². The number of hydrogen-bond donors (Lipinski definition) is 1. The molecule has 0 saturated carbocycles. The van der Waals surface area contributed by atoms with Crippen LogP contribution in [0.2, 0.25) is 0 Å². The van der Waals surface area contributed by atoms with Crippen molar-refractivity contribution in [3.63, 3.8) is 0 Å². The topological polar surface area (TPSA) is 49.4 Å². The van der Waals surface area contributed by atoms with Gasteiger partial charge < -0.3 is 5.32 Å². The van der Waals surface area contributed by atoms with Crippen molar-refractivity contribution in [3.8, 4) is 0 Å². The standard InChI is InChI=1S/C26H22N2O2/c1-15-7-6-8-16(13-15)27-14-28-25(29)23-21-17-9-2-3-10-18(17)22(24(23)26(28)30)20-12-5-4-11-19(20)21/h2-13,21-24,27H,14H2,1H3. The van der Waals surface area contributed by atoms with Crippen LogP contribution in [-0.2, 0) is 9.59 Å². The monoisotopic (exact) mass is 394 g/mol. The van der Waals surface area contributed by atoms with Crippen molar-refractivity contribution in [2.24, 2.45) is 11.8 Å². The minimum absolute atomic E-state index is 0.0483. The molecule has 1 saturated heterocycles. The fraction of sp³-hybridized carbons (Fsp3) is 0.231. The van der Waals surface area contributed by atoms with E-state index in [2.05, 4.69) is 29.6 Å². The van der Waals surface area contributed by atoms with Crippen molar-refractivity contribution >= 4 is 17.5 Å². The van der Waals surface area contributed by atoms with Gasteiger partial charge >= 0.3 is 0 Å². The van der Waals surface area contributed by atoms with Crippen LogP contribution in [0.1, 0.15) is 39.7 Å². The highest BCUT2D eigenvalue weighted by molar-refractivity contribution is 6.07. The van der Waals surface area contributed by atoms with Crippen LogP contribution in [-0.4, -0.2) is 23.4 Å². The predicted molar refractivity (Wildman–Crippen MR) is 115 cm³/mol. The number of nitrogens with one attached hydrogen (secondary N) is 1. The molecule has 1 fully saturated rings. The summed E-state index contributed by atoms with van der Waals surface area (Å²) in [5.74, 6) is -0.827. The summed E-state index contributed by atoms with van der Waals surface area (Å²) in [6.45, 7) is 2.23. The average Bonchev–Trinajstić information content (AvgIpc) is 3.03. The molecule has 3 aliphatic carbocycles. The molecule has 0 spiro atoms. The maximum Gasteiger partial charge on any atom is 0.235 e. The first kappa shape index (κ1) is 17.5. The Balaban J connectivity index is 1.40. The number of likely N-dealkylation sites (tertiary alicyclic amines) is 1. The number of carbonyl (C=O) groups excluding carboxylic acids is 2. The zero-order valence-electron chi connectivity index (χ0n) is 16.7. The summed E-state index contributed by atoms with van der Waals surface area (Å²) in [5, 5.41) is 3.27. The van der Waals surface area contributed by atoms with Crippen molar-refractivity contribution < 1.29 is 9.59 Å². The van der Waals surface area contributed by atoms with Gasteiger partial charge in [0.05, 0.1) is 18.5 Å². The molecule has 1 N–H and O–H groups in total. The lowest BCUT2D eigenvalue weighted by Gasteiger charge is -2.45. The Morgan fingerprint density at radius 1 is 0.733 bits per heavy atom. The van der Waals surface area contributed by atoms with E-state index < -0.39 is 0 Å². The minimum Gasteiger partial charge on any atom is -0.367 e. The van der Waals surface area contributed by atoms with Crippen LogP contribution in [0.3, 0.4) is 0 Å². The normalized spacial score (nSPS) is 25.7. The van der Waals surface area contributed by atoms with Crippen LogP contribution in [0, 0.1) is 18.8 Å². The van der Waals surface area contributed by atoms with E-state index in [1.165, 1.54) is 27.2 Å². The number of rotatable bonds is 3. The molecule has 3 aromatic carbocycles. The van der Waals surface area contributed by atoms with Gasteiger partial charge in [0, 0.05) is 17.5 Å². The van der Waals surface area contributed by atoms with Gasteiger partial charge in [0.15, 0.2) is 0 Å². The van der Waals surface area contributed by atoms with Crippen molar-refractivity contribution in [2.45, 2.75) is 18.8 Å². The number of anilines is 1. The van der Waals surface area contributed by atoms with E-state index in [4.69, 9.17) is 0 Å². The minimum atomic E-state index is -0.313. The second-order valence-electron chi connectivity index (χ2n) is 8.57. The largest absolute Gasteiger partial charge is 0.367 e. The Hall–Kier alpha value is -3.40. The van der Waals surface area contributed by atoms with Crippen molar-refractivity contribution in [1.82, 2.24) is 4.90 Å². The zero-order chi connectivity index (χ0) is 20.4. The van der Waals surface area contributed by atoms with Crippen LogP contribution >= 0.6 is 0 Å². The van der Waals surface area contributed by atoms with Gasteiger partial charge in [-0.15, -0.1) is 0 Å². The van der Waals surface area contributed by atoms with E-state index in [9.17, 15) is 9.59 Å². The molecule has 2 atom stereocenters. The van der Waals surface area contributed by atoms with Crippen LogP contribution in [0.5, 0.6) is 0 Å². The summed E-state index contributed by atoms with van der Waals surface area (Å²) in [6.07, 6.45) is 0. The van der Waals surface area contributed by atoms with E-state index >= 15 is 0 Å². The van der Waals surface area contributed by atoms with Gasteiger partial charge in [-0.1, -0.05) is 60.7 Å². The Bertz CT molecular complexity index is 1090. The van der Waals surface area contributed by atoms with Gasteiger partial charge in [-0.2, -0.15) is 0 Å². The molecule has 1 heterocycles. The Morgan fingerprint density at radius 3 is 1.70 bits per heavy atom. The highest BCUT2D eigenvalue weighted by atomic mass is 16.2. The SMILES string of the molecule is Cc1cccc(NCN2C(=O)C3C4c5ccccc5C(c5ccccc54)C3C2=O)c1. The van der Waals surface area contributed by atoms with Gasteiger partial charge in [0.1, 0.15) is 0 Å². The third-order valence-corrected chi connectivity index (χ3v) is 7.00. The quantitative estimate of drug-likeness (QED) is 0.676. The Labute approximate surface area is 175 Å². The summed E-state index contributed by atoms with van der Waals surface area (Å²) in [6, 6.07) is 24.6. The number of benzene rings is 3. The summed E-state index contributed by atoms with van der Waals surface area (Å²) in [5.41, 5.74) is 6.88. The highest BCUT2D eigenvalue weighted by Crippen LogP contribution is 2.60. The van der Waals surface area contributed by atoms with Crippen LogP contribution < -0.4 is 5.32 Å². The number of carbonyl (C=O) groups is 2. The first-order valence-corrected chi connectivity index (χ1v) is 10.5. The van der Waals surface area contributed by atoms with Crippen molar-refractivity contribution in [2.75, 3.05) is 12.0 Å². The molecule has 30 heavy (non-hydrogen) atoms. The molecule has 4 heteroatoms. The zero-order valence-corrected chi connectivity index (χ0v) is 16.7. The van der Waals surface area contributed by atoms with Gasteiger partial charge in [0.25, 0.3) is 0 Å². The smallest absolute Gasteiger partial charge is 0.235 e. The lowest BCUT2D eigenvalue weighted by atomic mass is 9.55. The van der Waals surface area contributed by atoms with Gasteiger partial charge in [-0.05, 0) is 46.9 Å². The summed E-state index contributed by atoms with van der Waals surface area (Å²) >= 11 is 0. The first-order valence-electron chi connectivity index (χ1n) is 10.5. The molecule has 1 aliphatic heterocycles. The van der Waals surface area contributed by atoms with E-state index in [-0.39, 0.29) is 42.2 Å². The number of aryl methyl sites for hydroxylation is 1. The molecule has 0 aromatic heterocycles. The predicted octanol–water partition coefficient (Wildman–Crippen LogP) is 4.26. The number of hydrogen-bond acceptors (Lipinski definition) is 3. The van der Waals surface area contributed by atoms with Gasteiger partial charge in [-0.25, -0.2) is 0 Å². The molecule has 2 amide bonds. The third kappa shape index (κ3) is 2.28. The fourth-order valence-corrected chi connectivity index (χ4v) is 5.82. The number of nitrogens with zero attached hydrogens (tertiary/aromatic N) is 1. The highest BCUT2D eigenvalue weighted by Gasteiger charge is 2.61. The second-order valence-corrected chi connectivity index (χ2v) is 8.57. The molecule has 3 aromatic rings. The average molecular weight is 394 g/mol. The van der Waals surface area contributed by atoms with Crippen molar-refractivity contribution in [3.05, 3.63) is 101 Å². The molecule has 2 bridgehead atoms. The molecular formula is C26H22N2O2. The summed E-state index contributed by atoms with van der Waals surface area (Å²) < 4.78 is 0. The van der Waals surface area contributed by atoms with Gasteiger partial charge in [0.2, 0.25) is 11.8 Å². The van der Waals surface area contributed by atoms with Crippen LogP contribution in [0.4, 0.5) is 5.69 Å². The third-order valence-electron chi connectivity index (χ3n) is 7.00. The van der Waals surface area contributed by atoms with Crippen molar-refractivity contribution in [1.29, 1.82) is 0 Å². The molecule has 148 valence electrons. The number of amides is 2. The molecule has 4 nitrogen and oxygen atoms in total. The number of imide groups is 1. The van der Waals surface area contributed by atoms with Gasteiger partial charge in [-0.3, -0.25) is 14.5 Å². The molecule has 7 rings (SSSR count). The molecule has 2 unspecified atom stereocenters. The summed E-state index contributed by atoms with van der Waals surface area (Å²) in [4.78, 5) is 28.5. The van der Waals surface area contributed by atoms with E-state index in [0.29, 0.717) is 0 Å². The van der Waals surface area contributed by atoms with E-state index in [0.717, 1.165) is 11.3 Å². The first-order chi connectivity index (χ1) is 14.6. The lowest BCUT2D eigenvalue weighted by molar-refractivity contribution is -0.139. The maximum atomic E-state index is 13.5. The fourth-order valence-electron chi connectivity index (χ4n) is 5.82. The molecule has 4 aliphatic rings. The molecular weight excluding hydrogens is 372 g/mol. The van der Waals surface area contributed by atoms with Crippen LogP contribution in [0.15, 0.2) is 72.8 Å². The summed E-state index contributed by atoms with van der Waals surface area (Å²) in [7, 11) is 0. The molecule has 0 radical (unpaired) electrons. The second kappa shape index (κ2) is 6.30. The van der Waals surface area contributed by atoms with Crippen LogP contribution in [0.25, 0.3) is 0 Å². The maximum absolute atomic E-state index is 13.5. The van der Waals surface area contributed by atoms with E-state index in [1.54, 1.807) is 0 Å². The Kier molecular flexibility index (Phi) is 3.66. The lowest BCUT2D eigenvalue weighted by Crippen LogP contribution is -2.41.